The molecule has 2 rings (SSSR count). The summed E-state index contributed by atoms with van der Waals surface area (Å²) in [6, 6.07) is 1.62. The summed E-state index contributed by atoms with van der Waals surface area (Å²) < 4.78 is 26.4. The van der Waals surface area contributed by atoms with Gasteiger partial charge in [0.1, 0.15) is 0 Å². The van der Waals surface area contributed by atoms with E-state index < -0.39 is 10.0 Å². The van der Waals surface area contributed by atoms with Crippen LogP contribution in [0.5, 0.6) is 0 Å². The van der Waals surface area contributed by atoms with Gasteiger partial charge in [-0.2, -0.15) is 4.31 Å². The van der Waals surface area contributed by atoms with Crippen molar-refractivity contribution in [1.29, 1.82) is 0 Å². The van der Waals surface area contributed by atoms with Crippen LogP contribution in [0.15, 0.2) is 17.2 Å². The van der Waals surface area contributed by atoms with Gasteiger partial charge in [-0.25, -0.2) is 8.42 Å². The first-order valence-electron chi connectivity index (χ1n) is 6.23. The van der Waals surface area contributed by atoms with Gasteiger partial charge in [-0.1, -0.05) is 13.8 Å². The van der Waals surface area contributed by atoms with Gasteiger partial charge in [-0.15, -0.1) is 0 Å². The number of aromatic amines is 1. The van der Waals surface area contributed by atoms with Crippen molar-refractivity contribution in [3.8, 4) is 0 Å². The standard InChI is InChI=1S/C12H21N3O2S/c1-12(2)3-5-15(6-4-12)18(16,17)11-7-10(8-13)14-9-11/h7,9,14H,3-6,8,13H2,1-2H3. The summed E-state index contributed by atoms with van der Waals surface area (Å²) in [4.78, 5) is 3.21. The molecular weight excluding hydrogens is 250 g/mol. The normalized spacial score (nSPS) is 21.1. The highest BCUT2D eigenvalue weighted by atomic mass is 32.2. The van der Waals surface area contributed by atoms with E-state index in [0.29, 0.717) is 24.5 Å². The number of nitrogens with two attached hydrogens (primary N) is 1. The average molecular weight is 271 g/mol. The summed E-state index contributed by atoms with van der Waals surface area (Å²) in [5.74, 6) is 0. The number of nitrogens with zero attached hydrogens (tertiary/aromatic N) is 1. The van der Waals surface area contributed by atoms with Crippen molar-refractivity contribution >= 4 is 10.0 Å². The Morgan fingerprint density at radius 2 is 2.00 bits per heavy atom. The Labute approximate surface area is 108 Å². The molecule has 0 amide bonds. The SMILES string of the molecule is CC1(C)CCN(S(=O)(=O)c2c[nH]c(CN)c2)CC1. The lowest BCUT2D eigenvalue weighted by molar-refractivity contribution is 0.196. The van der Waals surface area contributed by atoms with E-state index >= 15 is 0 Å². The van der Waals surface area contributed by atoms with E-state index in [1.165, 1.54) is 6.20 Å². The molecule has 0 aromatic carbocycles. The fourth-order valence-electron chi connectivity index (χ4n) is 2.17. The molecule has 0 unspecified atom stereocenters. The molecule has 102 valence electrons. The highest BCUT2D eigenvalue weighted by Gasteiger charge is 2.33. The minimum atomic E-state index is -3.35. The minimum Gasteiger partial charge on any atom is -0.363 e. The van der Waals surface area contributed by atoms with Crippen LogP contribution in [0, 0.1) is 5.41 Å². The summed E-state index contributed by atoms with van der Waals surface area (Å²) >= 11 is 0. The van der Waals surface area contributed by atoms with Crippen molar-refractivity contribution in [2.45, 2.75) is 38.1 Å². The van der Waals surface area contributed by atoms with Crippen LogP contribution >= 0.6 is 0 Å². The fourth-order valence-corrected chi connectivity index (χ4v) is 3.63. The molecular formula is C12H21N3O2S. The number of H-pyrrole nitrogens is 1. The molecule has 18 heavy (non-hydrogen) atoms. The number of nitrogens with one attached hydrogen (secondary N) is 1. The number of hydrogen-bond donors (Lipinski definition) is 2. The number of hydrogen-bond acceptors (Lipinski definition) is 3. The van der Waals surface area contributed by atoms with Crippen molar-refractivity contribution in [1.82, 2.24) is 9.29 Å². The topological polar surface area (TPSA) is 79.2 Å². The molecule has 3 N–H and O–H groups in total. The predicted molar refractivity (Wildman–Crippen MR) is 70.5 cm³/mol. The maximum Gasteiger partial charge on any atom is 0.244 e. The lowest BCUT2D eigenvalue weighted by atomic mass is 9.83. The maximum absolute atomic E-state index is 12.4. The second-order valence-electron chi connectivity index (χ2n) is 5.63. The van der Waals surface area contributed by atoms with E-state index in [2.05, 4.69) is 18.8 Å². The van der Waals surface area contributed by atoms with Gasteiger partial charge in [-0.3, -0.25) is 0 Å². The molecule has 0 aliphatic carbocycles. The first-order valence-corrected chi connectivity index (χ1v) is 7.67. The van der Waals surface area contributed by atoms with Gasteiger partial charge < -0.3 is 10.7 Å². The highest BCUT2D eigenvalue weighted by molar-refractivity contribution is 7.89. The van der Waals surface area contributed by atoms with Gasteiger partial charge in [0.15, 0.2) is 0 Å². The lowest BCUT2D eigenvalue weighted by Gasteiger charge is -2.35. The van der Waals surface area contributed by atoms with E-state index in [0.717, 1.165) is 18.5 Å². The number of sulfonamides is 1. The zero-order chi connectivity index (χ0) is 13.4. The Morgan fingerprint density at radius 3 is 2.50 bits per heavy atom. The molecule has 0 atom stereocenters. The Balaban J connectivity index is 2.17. The monoisotopic (exact) mass is 271 g/mol. The summed E-state index contributed by atoms with van der Waals surface area (Å²) in [5, 5.41) is 0. The second kappa shape index (κ2) is 4.68. The van der Waals surface area contributed by atoms with E-state index in [-0.39, 0.29) is 5.41 Å². The van der Waals surface area contributed by atoms with E-state index in [4.69, 9.17) is 5.73 Å². The number of piperidine rings is 1. The van der Waals surface area contributed by atoms with Crippen LogP contribution < -0.4 is 5.73 Å². The molecule has 1 fully saturated rings. The minimum absolute atomic E-state index is 0.243. The molecule has 5 nitrogen and oxygen atoms in total. The molecule has 6 heteroatoms. The molecule has 1 saturated heterocycles. The predicted octanol–water partition coefficient (Wildman–Crippen LogP) is 1.28. The molecule has 0 bridgehead atoms. The molecule has 0 spiro atoms. The van der Waals surface area contributed by atoms with Crippen LogP contribution in [0.3, 0.4) is 0 Å². The van der Waals surface area contributed by atoms with Gasteiger partial charge in [0, 0.05) is 31.5 Å². The van der Waals surface area contributed by atoms with Crippen molar-refractivity contribution < 1.29 is 8.42 Å². The maximum atomic E-state index is 12.4. The summed E-state index contributed by atoms with van der Waals surface area (Å²) in [7, 11) is -3.35. The molecule has 1 aliphatic heterocycles. The van der Waals surface area contributed by atoms with Crippen molar-refractivity contribution in [3.63, 3.8) is 0 Å². The van der Waals surface area contributed by atoms with Crippen molar-refractivity contribution in [2.75, 3.05) is 13.1 Å². The van der Waals surface area contributed by atoms with Crippen LogP contribution in [-0.2, 0) is 16.6 Å². The number of aromatic nitrogens is 1. The summed E-state index contributed by atoms with van der Waals surface area (Å²) in [5.41, 5.74) is 6.47. The van der Waals surface area contributed by atoms with Gasteiger partial charge in [-0.05, 0) is 24.3 Å². The Morgan fingerprint density at radius 1 is 1.39 bits per heavy atom. The largest absolute Gasteiger partial charge is 0.363 e. The Hall–Kier alpha value is -0.850. The zero-order valence-corrected chi connectivity index (χ0v) is 11.8. The van der Waals surface area contributed by atoms with Crippen LogP contribution in [-0.4, -0.2) is 30.8 Å². The smallest absolute Gasteiger partial charge is 0.244 e. The molecule has 0 radical (unpaired) electrons. The third-order valence-corrected chi connectivity index (χ3v) is 5.53. The highest BCUT2D eigenvalue weighted by Crippen LogP contribution is 2.32. The molecule has 2 heterocycles. The van der Waals surface area contributed by atoms with Gasteiger partial charge in [0.05, 0.1) is 4.90 Å². The second-order valence-corrected chi connectivity index (χ2v) is 7.57. The molecule has 1 aromatic rings. The molecule has 1 aliphatic rings. The quantitative estimate of drug-likeness (QED) is 0.869. The third kappa shape index (κ3) is 2.60. The first-order chi connectivity index (χ1) is 8.35. The molecule has 1 aromatic heterocycles. The van der Waals surface area contributed by atoms with E-state index in [1.54, 1.807) is 10.4 Å². The van der Waals surface area contributed by atoms with Crippen LogP contribution in [0.25, 0.3) is 0 Å². The van der Waals surface area contributed by atoms with Crippen LogP contribution in [0.2, 0.25) is 0 Å². The third-order valence-electron chi connectivity index (χ3n) is 3.65. The first kappa shape index (κ1) is 13.6. The fraction of sp³-hybridized carbons (Fsp3) is 0.667. The van der Waals surface area contributed by atoms with Crippen molar-refractivity contribution in [2.24, 2.45) is 11.1 Å². The van der Waals surface area contributed by atoms with Crippen LogP contribution in [0.1, 0.15) is 32.4 Å². The average Bonchev–Trinajstić information content (AvgIpc) is 2.77. The summed E-state index contributed by atoms with van der Waals surface area (Å²) in [6.45, 7) is 5.87. The van der Waals surface area contributed by atoms with Gasteiger partial charge in [0.2, 0.25) is 10.0 Å². The molecule has 0 saturated carbocycles. The Bertz CT molecular complexity index is 509. The zero-order valence-electron chi connectivity index (χ0n) is 10.9. The van der Waals surface area contributed by atoms with Gasteiger partial charge >= 0.3 is 0 Å². The lowest BCUT2D eigenvalue weighted by Crippen LogP contribution is -2.40. The van der Waals surface area contributed by atoms with E-state index in [9.17, 15) is 8.42 Å². The van der Waals surface area contributed by atoms with Crippen molar-refractivity contribution in [3.05, 3.63) is 18.0 Å². The van der Waals surface area contributed by atoms with Gasteiger partial charge in [0.25, 0.3) is 0 Å². The summed E-state index contributed by atoms with van der Waals surface area (Å²) in [6.07, 6.45) is 3.33. The number of rotatable bonds is 3. The van der Waals surface area contributed by atoms with Crippen LogP contribution in [0.4, 0.5) is 0 Å². The van der Waals surface area contributed by atoms with E-state index in [1.807, 2.05) is 0 Å². The Kier molecular flexibility index (Phi) is 3.53.